The lowest BCUT2D eigenvalue weighted by atomic mass is 9.78. The summed E-state index contributed by atoms with van der Waals surface area (Å²) in [6, 6.07) is 0. The van der Waals surface area contributed by atoms with Crippen LogP contribution in [0.4, 0.5) is 0 Å². The van der Waals surface area contributed by atoms with Crippen LogP contribution in [0.3, 0.4) is 0 Å². The van der Waals surface area contributed by atoms with E-state index in [1.165, 1.54) is 16.7 Å². The van der Waals surface area contributed by atoms with Gasteiger partial charge in [-0.25, -0.2) is 0 Å². The Morgan fingerprint density at radius 1 is 1.03 bits per heavy atom. The first-order valence-corrected chi connectivity index (χ1v) is 11.8. The van der Waals surface area contributed by atoms with E-state index in [0.29, 0.717) is 11.7 Å². The summed E-state index contributed by atoms with van der Waals surface area (Å²) >= 11 is 0. The SMILES string of the molecule is CC.CCNC1=C(OC)C(=O)C(C)[C@H](C/C=C(\C)CC/C=C(\C)CCC=C(C)C)C1. The van der Waals surface area contributed by atoms with Crippen LogP contribution >= 0.6 is 0 Å². The molecular weight excluding hydrogens is 370 g/mol. The van der Waals surface area contributed by atoms with E-state index in [1.807, 2.05) is 20.8 Å². The molecule has 30 heavy (non-hydrogen) atoms. The van der Waals surface area contributed by atoms with E-state index in [4.69, 9.17) is 4.74 Å². The van der Waals surface area contributed by atoms with Gasteiger partial charge in [0, 0.05) is 12.5 Å². The van der Waals surface area contributed by atoms with Crippen molar-refractivity contribution in [2.45, 2.75) is 93.9 Å². The first-order chi connectivity index (χ1) is 14.3. The van der Waals surface area contributed by atoms with Crippen molar-refractivity contribution in [3.63, 3.8) is 0 Å². The third kappa shape index (κ3) is 10.3. The lowest BCUT2D eigenvalue weighted by Crippen LogP contribution is -2.33. The molecule has 0 heterocycles. The second-order valence-corrected chi connectivity index (χ2v) is 8.35. The summed E-state index contributed by atoms with van der Waals surface area (Å²) in [5.41, 5.74) is 5.26. The van der Waals surface area contributed by atoms with Crippen molar-refractivity contribution < 1.29 is 9.53 Å². The molecule has 0 aromatic rings. The van der Waals surface area contributed by atoms with Gasteiger partial charge in [0.25, 0.3) is 0 Å². The Hall–Kier alpha value is -1.77. The average molecular weight is 418 g/mol. The van der Waals surface area contributed by atoms with Crippen molar-refractivity contribution in [3.8, 4) is 0 Å². The Labute approximate surface area is 186 Å². The number of rotatable bonds is 11. The smallest absolute Gasteiger partial charge is 0.202 e. The van der Waals surface area contributed by atoms with Gasteiger partial charge in [-0.1, -0.05) is 55.7 Å². The monoisotopic (exact) mass is 417 g/mol. The minimum Gasteiger partial charge on any atom is -0.491 e. The molecule has 0 aromatic carbocycles. The number of ketones is 1. The predicted octanol–water partition coefficient (Wildman–Crippen LogP) is 7.51. The molecule has 172 valence electrons. The summed E-state index contributed by atoms with van der Waals surface area (Å²) < 4.78 is 5.37. The van der Waals surface area contributed by atoms with Gasteiger partial charge < -0.3 is 10.1 Å². The van der Waals surface area contributed by atoms with Crippen LogP contribution < -0.4 is 5.32 Å². The summed E-state index contributed by atoms with van der Waals surface area (Å²) in [6.07, 6.45) is 13.3. The maximum absolute atomic E-state index is 12.6. The molecule has 0 fully saturated rings. The number of Topliss-reactive ketones (excluding diaryl/α,β-unsaturated/α-hetero) is 1. The molecule has 1 rings (SSSR count). The molecule has 0 radical (unpaired) electrons. The van der Waals surface area contributed by atoms with E-state index < -0.39 is 0 Å². The van der Waals surface area contributed by atoms with Crippen LogP contribution in [0.2, 0.25) is 0 Å². The first-order valence-electron chi connectivity index (χ1n) is 11.8. The molecule has 0 aliphatic heterocycles. The third-order valence-electron chi connectivity index (χ3n) is 5.57. The van der Waals surface area contributed by atoms with Crippen molar-refractivity contribution in [2.24, 2.45) is 11.8 Å². The second-order valence-electron chi connectivity index (χ2n) is 8.35. The molecule has 1 N–H and O–H groups in total. The third-order valence-corrected chi connectivity index (χ3v) is 5.57. The Balaban J connectivity index is 0.00000407. The maximum Gasteiger partial charge on any atom is 0.202 e. The highest BCUT2D eigenvalue weighted by Crippen LogP contribution is 2.33. The molecule has 0 spiro atoms. The van der Waals surface area contributed by atoms with E-state index in [-0.39, 0.29) is 11.7 Å². The Morgan fingerprint density at radius 3 is 2.13 bits per heavy atom. The molecule has 2 atom stereocenters. The number of hydrogen-bond donors (Lipinski definition) is 1. The van der Waals surface area contributed by atoms with Crippen LogP contribution in [0.5, 0.6) is 0 Å². The van der Waals surface area contributed by atoms with Crippen LogP contribution in [-0.4, -0.2) is 19.4 Å². The largest absolute Gasteiger partial charge is 0.491 e. The standard InChI is InChI=1S/C25H41NO2.C2H6/c1-8-26-23-17-22(21(6)24(27)25(23)28-7)16-15-20(5)14-10-13-19(4)12-9-11-18(2)3;1-2/h11,13,15,21-22,26H,8-10,12,14,16-17H2,1-7H3;1-2H3/b19-13+,20-15+;/t21?,22-;/m1./s1. The zero-order valence-electron chi connectivity index (χ0n) is 21.2. The molecule has 1 unspecified atom stereocenters. The summed E-state index contributed by atoms with van der Waals surface area (Å²) in [6.45, 7) is 17.7. The highest BCUT2D eigenvalue weighted by atomic mass is 16.5. The molecule has 0 aromatic heterocycles. The maximum atomic E-state index is 12.6. The molecule has 0 saturated carbocycles. The zero-order chi connectivity index (χ0) is 23.1. The van der Waals surface area contributed by atoms with Gasteiger partial charge in [0.2, 0.25) is 5.78 Å². The summed E-state index contributed by atoms with van der Waals surface area (Å²) in [7, 11) is 1.59. The molecule has 0 saturated heterocycles. The molecule has 3 heteroatoms. The molecule has 3 nitrogen and oxygen atoms in total. The number of allylic oxidation sites excluding steroid dienone is 8. The number of carbonyl (C=O) groups is 1. The van der Waals surface area contributed by atoms with Crippen molar-refractivity contribution in [3.05, 3.63) is 46.4 Å². The normalized spacial score (nSPS) is 19.8. The van der Waals surface area contributed by atoms with E-state index in [9.17, 15) is 4.79 Å². The quantitative estimate of drug-likeness (QED) is 0.353. The minimum atomic E-state index is 0.0126. The van der Waals surface area contributed by atoms with Gasteiger partial charge in [0.1, 0.15) is 0 Å². The van der Waals surface area contributed by atoms with Crippen LogP contribution in [0, 0.1) is 11.8 Å². The topological polar surface area (TPSA) is 38.3 Å². The molecule has 1 aliphatic rings. The minimum absolute atomic E-state index is 0.0126. The molecule has 0 bridgehead atoms. The predicted molar refractivity (Wildman–Crippen MR) is 131 cm³/mol. The van der Waals surface area contributed by atoms with Gasteiger partial charge in [-0.3, -0.25) is 4.79 Å². The Bertz CT molecular complexity index is 633. The fourth-order valence-electron chi connectivity index (χ4n) is 3.67. The van der Waals surface area contributed by atoms with E-state index >= 15 is 0 Å². The number of carbonyl (C=O) groups excluding carboxylic acids is 1. The van der Waals surface area contributed by atoms with Crippen LogP contribution in [0.15, 0.2) is 46.4 Å². The fraction of sp³-hybridized carbons (Fsp3) is 0.667. The van der Waals surface area contributed by atoms with Gasteiger partial charge in [-0.05, 0) is 79.1 Å². The molecule has 0 amide bonds. The van der Waals surface area contributed by atoms with Gasteiger partial charge in [0.15, 0.2) is 5.76 Å². The number of ether oxygens (including phenoxy) is 1. The summed E-state index contributed by atoms with van der Waals surface area (Å²) in [5, 5.41) is 3.33. The van der Waals surface area contributed by atoms with Crippen LogP contribution in [0.1, 0.15) is 93.9 Å². The van der Waals surface area contributed by atoms with Crippen molar-refractivity contribution in [1.82, 2.24) is 5.32 Å². The number of methoxy groups -OCH3 is 1. The van der Waals surface area contributed by atoms with Crippen LogP contribution in [0.25, 0.3) is 0 Å². The van der Waals surface area contributed by atoms with E-state index in [0.717, 1.165) is 50.8 Å². The Morgan fingerprint density at radius 2 is 1.60 bits per heavy atom. The summed E-state index contributed by atoms with van der Waals surface area (Å²) in [5.74, 6) is 1.02. The van der Waals surface area contributed by atoms with Crippen molar-refractivity contribution in [2.75, 3.05) is 13.7 Å². The molecule has 1 aliphatic carbocycles. The van der Waals surface area contributed by atoms with Gasteiger partial charge in [0.05, 0.1) is 12.8 Å². The molecular formula is C27H47NO2. The first kappa shape index (κ1) is 28.2. The average Bonchev–Trinajstić information content (AvgIpc) is 2.71. The summed E-state index contributed by atoms with van der Waals surface area (Å²) in [4.78, 5) is 12.6. The number of nitrogens with one attached hydrogen (secondary N) is 1. The van der Waals surface area contributed by atoms with Crippen molar-refractivity contribution >= 4 is 5.78 Å². The van der Waals surface area contributed by atoms with Gasteiger partial charge in [-0.2, -0.15) is 0 Å². The number of hydrogen-bond acceptors (Lipinski definition) is 3. The van der Waals surface area contributed by atoms with E-state index in [1.54, 1.807) is 7.11 Å². The lowest BCUT2D eigenvalue weighted by Gasteiger charge is -2.30. The van der Waals surface area contributed by atoms with E-state index in [2.05, 4.69) is 58.2 Å². The zero-order valence-corrected chi connectivity index (χ0v) is 21.2. The lowest BCUT2D eigenvalue weighted by molar-refractivity contribution is -0.124. The van der Waals surface area contributed by atoms with Crippen molar-refractivity contribution in [1.29, 1.82) is 0 Å². The highest BCUT2D eigenvalue weighted by Gasteiger charge is 2.34. The highest BCUT2D eigenvalue weighted by molar-refractivity contribution is 5.96. The Kier molecular flexibility index (Phi) is 15.0. The fourth-order valence-corrected chi connectivity index (χ4v) is 3.67. The van der Waals surface area contributed by atoms with Gasteiger partial charge in [-0.15, -0.1) is 0 Å². The second kappa shape index (κ2) is 16.0. The van der Waals surface area contributed by atoms with Crippen LogP contribution in [-0.2, 0) is 9.53 Å². The van der Waals surface area contributed by atoms with Gasteiger partial charge >= 0.3 is 0 Å².